The third-order valence-corrected chi connectivity index (χ3v) is 6.71. The summed E-state index contributed by atoms with van der Waals surface area (Å²) in [5.74, 6) is 0.538. The summed E-state index contributed by atoms with van der Waals surface area (Å²) in [6.45, 7) is 6.90. The van der Waals surface area contributed by atoms with Crippen LogP contribution in [0.4, 0.5) is 0 Å². The number of aromatic nitrogens is 1. The summed E-state index contributed by atoms with van der Waals surface area (Å²) in [7, 11) is 1.55. The molecule has 0 aliphatic heterocycles. The molecule has 0 radical (unpaired) electrons. The van der Waals surface area contributed by atoms with Gasteiger partial charge in [0.1, 0.15) is 5.75 Å². The number of H-pyrrole nitrogens is 1. The topological polar surface area (TPSA) is 83.6 Å². The highest BCUT2D eigenvalue weighted by molar-refractivity contribution is 5.89. The van der Waals surface area contributed by atoms with E-state index in [0.717, 1.165) is 42.2 Å². The zero-order chi connectivity index (χ0) is 23.5. The Bertz CT molecular complexity index is 1170. The predicted molar refractivity (Wildman–Crippen MR) is 131 cm³/mol. The van der Waals surface area contributed by atoms with E-state index in [2.05, 4.69) is 36.3 Å². The number of aliphatic hydroxyl groups is 1. The molecule has 3 N–H and O–H groups in total. The molecule has 6 heteroatoms. The third kappa shape index (κ3) is 4.83. The molecule has 0 saturated carbocycles. The third-order valence-electron chi connectivity index (χ3n) is 6.71. The number of fused-ring (bicyclic) bond motifs is 2. The molecule has 1 aliphatic carbocycles. The second kappa shape index (κ2) is 10.1. The lowest BCUT2D eigenvalue weighted by molar-refractivity contribution is 0.0520. The first-order valence-corrected chi connectivity index (χ1v) is 11.8. The van der Waals surface area contributed by atoms with Crippen molar-refractivity contribution in [2.75, 3.05) is 20.4 Å². The number of hydrogen-bond donors (Lipinski definition) is 3. The second-order valence-corrected chi connectivity index (χ2v) is 8.89. The van der Waals surface area contributed by atoms with Crippen LogP contribution in [0.2, 0.25) is 0 Å². The number of aliphatic hydroxyl groups excluding tert-OH is 1. The summed E-state index contributed by atoms with van der Waals surface area (Å²) >= 11 is 0. The minimum Gasteiger partial charge on any atom is -0.465 e. The highest BCUT2D eigenvalue weighted by atomic mass is 16.7. The monoisotopic (exact) mass is 450 g/mol. The van der Waals surface area contributed by atoms with Crippen LogP contribution >= 0.6 is 0 Å². The lowest BCUT2D eigenvalue weighted by Crippen LogP contribution is -2.33. The van der Waals surface area contributed by atoms with Crippen molar-refractivity contribution >= 4 is 10.9 Å². The minimum atomic E-state index is -0.712. The number of methoxy groups -OCH3 is 1. The fourth-order valence-corrected chi connectivity index (χ4v) is 5.09. The van der Waals surface area contributed by atoms with Crippen LogP contribution in [-0.4, -0.2) is 36.6 Å². The van der Waals surface area contributed by atoms with Gasteiger partial charge in [0.2, 0.25) is 5.56 Å². The summed E-state index contributed by atoms with van der Waals surface area (Å²) in [6, 6.07) is 10.1. The highest BCUT2D eigenvalue weighted by Gasteiger charge is 2.24. The minimum absolute atomic E-state index is 0.0800. The van der Waals surface area contributed by atoms with Crippen LogP contribution in [0.25, 0.3) is 10.9 Å². The zero-order valence-corrected chi connectivity index (χ0v) is 20.0. The molecule has 176 valence electrons. The molecule has 1 heterocycles. The lowest BCUT2D eigenvalue weighted by atomic mass is 9.97. The quantitative estimate of drug-likeness (QED) is 0.433. The fourth-order valence-electron chi connectivity index (χ4n) is 5.09. The Morgan fingerprint density at radius 1 is 1.12 bits per heavy atom. The molecule has 3 aromatic rings. The van der Waals surface area contributed by atoms with Crippen LogP contribution in [0.1, 0.15) is 53.3 Å². The van der Waals surface area contributed by atoms with Gasteiger partial charge in [0.05, 0.1) is 11.6 Å². The number of aromatic amines is 1. The molecular formula is C27H34N2O4. The SMILES string of the molecule is CCc1cc2c(cc1CC)CC(NCC(O)c1c(C)cc(OCOC)c3[nH]c(=O)ccc13)C2. The number of aryl methyl sites for hydroxylation is 3. The zero-order valence-electron chi connectivity index (χ0n) is 20.0. The molecule has 2 aromatic carbocycles. The van der Waals surface area contributed by atoms with Gasteiger partial charge >= 0.3 is 0 Å². The van der Waals surface area contributed by atoms with Crippen molar-refractivity contribution in [3.05, 3.63) is 74.1 Å². The van der Waals surface area contributed by atoms with Gasteiger partial charge in [0.25, 0.3) is 0 Å². The molecule has 0 bridgehead atoms. The van der Waals surface area contributed by atoms with E-state index in [-0.39, 0.29) is 12.4 Å². The second-order valence-electron chi connectivity index (χ2n) is 8.89. The maximum absolute atomic E-state index is 12.0. The van der Waals surface area contributed by atoms with Gasteiger partial charge in [-0.05, 0) is 78.1 Å². The van der Waals surface area contributed by atoms with Gasteiger partial charge in [0.15, 0.2) is 6.79 Å². The Hall–Kier alpha value is -2.67. The van der Waals surface area contributed by atoms with Crippen molar-refractivity contribution < 1.29 is 14.6 Å². The average Bonchev–Trinajstić information content (AvgIpc) is 3.22. The van der Waals surface area contributed by atoms with Gasteiger partial charge in [-0.15, -0.1) is 0 Å². The Kier molecular flexibility index (Phi) is 7.17. The van der Waals surface area contributed by atoms with E-state index in [1.165, 1.54) is 28.3 Å². The molecule has 4 rings (SSSR count). The number of ether oxygens (including phenoxy) is 2. The van der Waals surface area contributed by atoms with E-state index < -0.39 is 6.10 Å². The normalized spacial score (nSPS) is 14.6. The first-order valence-electron chi connectivity index (χ1n) is 11.8. The maximum atomic E-state index is 12.0. The first-order chi connectivity index (χ1) is 15.9. The molecule has 0 spiro atoms. The highest BCUT2D eigenvalue weighted by Crippen LogP contribution is 2.33. The summed E-state index contributed by atoms with van der Waals surface area (Å²) in [5, 5.41) is 15.5. The largest absolute Gasteiger partial charge is 0.465 e. The van der Waals surface area contributed by atoms with E-state index in [1.54, 1.807) is 13.2 Å². The van der Waals surface area contributed by atoms with Crippen LogP contribution in [0.3, 0.4) is 0 Å². The number of nitrogens with one attached hydrogen (secondary N) is 2. The Morgan fingerprint density at radius 2 is 1.79 bits per heavy atom. The van der Waals surface area contributed by atoms with E-state index >= 15 is 0 Å². The molecule has 1 unspecified atom stereocenters. The van der Waals surface area contributed by atoms with Crippen molar-refractivity contribution in [1.82, 2.24) is 10.3 Å². The summed E-state index contributed by atoms with van der Waals surface area (Å²) in [4.78, 5) is 14.8. The molecule has 0 amide bonds. The van der Waals surface area contributed by atoms with Crippen molar-refractivity contribution in [2.45, 2.75) is 58.6 Å². The molecule has 33 heavy (non-hydrogen) atoms. The van der Waals surface area contributed by atoms with Crippen LogP contribution in [0, 0.1) is 6.92 Å². The predicted octanol–water partition coefficient (Wildman–Crippen LogP) is 3.73. The molecule has 0 saturated heterocycles. The van der Waals surface area contributed by atoms with Crippen LogP contribution in [0.15, 0.2) is 35.1 Å². The van der Waals surface area contributed by atoms with Crippen LogP contribution in [0.5, 0.6) is 5.75 Å². The molecule has 1 aliphatic rings. The number of rotatable bonds is 9. The molecule has 6 nitrogen and oxygen atoms in total. The van der Waals surface area contributed by atoms with Gasteiger partial charge in [0, 0.05) is 31.1 Å². The van der Waals surface area contributed by atoms with Crippen molar-refractivity contribution in [2.24, 2.45) is 0 Å². The van der Waals surface area contributed by atoms with Gasteiger partial charge < -0.3 is 24.9 Å². The van der Waals surface area contributed by atoms with E-state index in [4.69, 9.17) is 9.47 Å². The van der Waals surface area contributed by atoms with Crippen molar-refractivity contribution in [3.63, 3.8) is 0 Å². The Labute approximate surface area is 194 Å². The van der Waals surface area contributed by atoms with E-state index in [1.807, 2.05) is 13.0 Å². The summed E-state index contributed by atoms with van der Waals surface area (Å²) in [5.41, 5.74) is 7.82. The Morgan fingerprint density at radius 3 is 2.39 bits per heavy atom. The molecule has 0 fully saturated rings. The van der Waals surface area contributed by atoms with Crippen LogP contribution in [-0.2, 0) is 30.4 Å². The van der Waals surface area contributed by atoms with E-state index in [0.29, 0.717) is 23.9 Å². The number of hydrogen-bond acceptors (Lipinski definition) is 5. The van der Waals surface area contributed by atoms with Gasteiger partial charge in [-0.25, -0.2) is 0 Å². The van der Waals surface area contributed by atoms with Crippen molar-refractivity contribution in [3.8, 4) is 5.75 Å². The van der Waals surface area contributed by atoms with Gasteiger partial charge in [-0.2, -0.15) is 0 Å². The number of pyridine rings is 1. The van der Waals surface area contributed by atoms with Gasteiger partial charge in [-0.3, -0.25) is 4.79 Å². The van der Waals surface area contributed by atoms with Crippen LogP contribution < -0.4 is 15.6 Å². The maximum Gasteiger partial charge on any atom is 0.248 e. The van der Waals surface area contributed by atoms with E-state index in [9.17, 15) is 9.90 Å². The number of benzene rings is 2. The fraction of sp³-hybridized carbons (Fsp3) is 0.444. The molecular weight excluding hydrogens is 416 g/mol. The Balaban J connectivity index is 1.53. The van der Waals surface area contributed by atoms with Gasteiger partial charge in [-0.1, -0.05) is 26.0 Å². The molecule has 1 atom stereocenters. The smallest absolute Gasteiger partial charge is 0.248 e. The summed E-state index contributed by atoms with van der Waals surface area (Å²) in [6.07, 6.45) is 3.37. The first kappa shape index (κ1) is 23.5. The standard InChI is InChI=1S/C27H34N2O4/c1-5-17-10-19-12-21(13-20(19)11-18(17)6-2)28-14-23(30)26-16(3)9-24(33-15-32-4)27-22(26)7-8-25(31)29-27/h7-11,21,23,28,30H,5-6,12-15H2,1-4H3,(H,29,31). The molecule has 1 aromatic heterocycles. The van der Waals surface area contributed by atoms with Crippen molar-refractivity contribution in [1.29, 1.82) is 0 Å². The summed E-state index contributed by atoms with van der Waals surface area (Å²) < 4.78 is 10.7. The average molecular weight is 451 g/mol. The lowest BCUT2D eigenvalue weighted by Gasteiger charge is -2.21.